The van der Waals surface area contributed by atoms with Gasteiger partial charge >= 0.3 is 11.8 Å². The number of hydrogen-bond donors (Lipinski definition) is 3. The summed E-state index contributed by atoms with van der Waals surface area (Å²) in [6, 6.07) is 0. The van der Waals surface area contributed by atoms with E-state index < -0.39 is 11.8 Å². The van der Waals surface area contributed by atoms with E-state index in [-0.39, 0.29) is 13.1 Å². The van der Waals surface area contributed by atoms with Gasteiger partial charge in [-0.15, -0.1) is 0 Å². The van der Waals surface area contributed by atoms with Gasteiger partial charge < -0.3 is 16.4 Å². The number of aromatic nitrogens is 2. The zero-order valence-corrected chi connectivity index (χ0v) is 9.56. The van der Waals surface area contributed by atoms with Gasteiger partial charge in [0.2, 0.25) is 0 Å². The van der Waals surface area contributed by atoms with Crippen LogP contribution in [0, 0.1) is 6.92 Å². The van der Waals surface area contributed by atoms with Crippen molar-refractivity contribution in [1.82, 2.24) is 20.6 Å². The van der Waals surface area contributed by atoms with Crippen LogP contribution in [0.15, 0.2) is 12.4 Å². The third-order valence-corrected chi connectivity index (χ3v) is 1.90. The van der Waals surface area contributed by atoms with Gasteiger partial charge in [-0.05, 0) is 6.92 Å². The minimum atomic E-state index is -0.708. The van der Waals surface area contributed by atoms with E-state index in [0.29, 0.717) is 12.2 Å². The summed E-state index contributed by atoms with van der Waals surface area (Å²) in [4.78, 5) is 30.5. The lowest BCUT2D eigenvalue weighted by Gasteiger charge is -2.05. The second-order valence-corrected chi connectivity index (χ2v) is 3.38. The summed E-state index contributed by atoms with van der Waals surface area (Å²) in [5, 5.41) is 4.80. The van der Waals surface area contributed by atoms with Crippen LogP contribution in [0.1, 0.15) is 11.4 Å². The normalized spacial score (nSPS) is 9.76. The summed E-state index contributed by atoms with van der Waals surface area (Å²) in [5.41, 5.74) is 6.58. The molecule has 0 saturated heterocycles. The van der Waals surface area contributed by atoms with E-state index in [1.165, 1.54) is 0 Å². The molecule has 0 atom stereocenters. The summed E-state index contributed by atoms with van der Waals surface area (Å²) in [7, 11) is 0. The molecule has 1 heterocycles. The second-order valence-electron chi connectivity index (χ2n) is 3.38. The van der Waals surface area contributed by atoms with Gasteiger partial charge in [-0.2, -0.15) is 0 Å². The molecule has 92 valence electrons. The molecule has 1 aromatic heterocycles. The molecule has 4 N–H and O–H groups in total. The molecule has 17 heavy (non-hydrogen) atoms. The number of carbonyl (C=O) groups is 2. The standard InChI is InChI=1S/C10H15N5O2/c1-7-4-14-8(5-13-7)6-15-10(17)9(16)12-3-2-11/h4-5H,2-3,6,11H2,1H3,(H,12,16)(H,15,17). The van der Waals surface area contributed by atoms with Crippen LogP contribution in [0.2, 0.25) is 0 Å². The number of rotatable bonds is 4. The number of aryl methyl sites for hydroxylation is 1. The average Bonchev–Trinajstić information content (AvgIpc) is 2.34. The molecular formula is C10H15N5O2. The molecule has 2 amide bonds. The van der Waals surface area contributed by atoms with Crippen molar-refractivity contribution < 1.29 is 9.59 Å². The first-order chi connectivity index (χ1) is 8.13. The molecule has 0 spiro atoms. The topological polar surface area (TPSA) is 110 Å². The molecule has 7 nitrogen and oxygen atoms in total. The Balaban J connectivity index is 2.37. The van der Waals surface area contributed by atoms with Crippen LogP contribution in [0.4, 0.5) is 0 Å². The molecule has 1 rings (SSSR count). The Morgan fingerprint density at radius 1 is 1.24 bits per heavy atom. The van der Waals surface area contributed by atoms with E-state index in [9.17, 15) is 9.59 Å². The van der Waals surface area contributed by atoms with Crippen molar-refractivity contribution in [3.05, 3.63) is 23.8 Å². The molecule has 1 aromatic rings. The maximum Gasteiger partial charge on any atom is 0.309 e. The first-order valence-electron chi connectivity index (χ1n) is 5.17. The molecule has 0 saturated carbocycles. The fraction of sp³-hybridized carbons (Fsp3) is 0.400. The summed E-state index contributed by atoms with van der Waals surface area (Å²) in [6.45, 7) is 2.55. The molecule has 0 aliphatic heterocycles. The predicted molar refractivity (Wildman–Crippen MR) is 60.7 cm³/mol. The molecule has 0 bridgehead atoms. The van der Waals surface area contributed by atoms with Crippen molar-refractivity contribution in [2.75, 3.05) is 13.1 Å². The van der Waals surface area contributed by atoms with Crippen LogP contribution in [-0.2, 0) is 16.1 Å². The second kappa shape index (κ2) is 6.54. The largest absolute Gasteiger partial charge is 0.347 e. The highest BCUT2D eigenvalue weighted by Crippen LogP contribution is 1.92. The van der Waals surface area contributed by atoms with Gasteiger partial charge in [0.05, 0.1) is 24.1 Å². The first kappa shape index (κ1) is 13.0. The molecule has 7 heteroatoms. The third kappa shape index (κ3) is 4.56. The molecule has 0 unspecified atom stereocenters. The van der Waals surface area contributed by atoms with Gasteiger partial charge in [-0.25, -0.2) is 0 Å². The minimum Gasteiger partial charge on any atom is -0.347 e. The lowest BCUT2D eigenvalue weighted by molar-refractivity contribution is -0.139. The molecule has 0 aliphatic rings. The number of nitrogens with two attached hydrogens (primary N) is 1. The molecule has 0 fully saturated rings. The van der Waals surface area contributed by atoms with Gasteiger partial charge in [0.1, 0.15) is 0 Å². The van der Waals surface area contributed by atoms with E-state index in [1.54, 1.807) is 12.4 Å². The van der Waals surface area contributed by atoms with Gasteiger partial charge in [0, 0.05) is 19.3 Å². The van der Waals surface area contributed by atoms with E-state index in [0.717, 1.165) is 5.69 Å². The zero-order valence-electron chi connectivity index (χ0n) is 9.56. The predicted octanol–water partition coefficient (Wildman–Crippen LogP) is -1.52. The average molecular weight is 237 g/mol. The van der Waals surface area contributed by atoms with Crippen LogP contribution in [-0.4, -0.2) is 34.9 Å². The summed E-state index contributed by atoms with van der Waals surface area (Å²) in [5.74, 6) is -1.41. The van der Waals surface area contributed by atoms with Crippen LogP contribution < -0.4 is 16.4 Å². The van der Waals surface area contributed by atoms with Gasteiger partial charge in [0.25, 0.3) is 0 Å². The third-order valence-electron chi connectivity index (χ3n) is 1.90. The quantitative estimate of drug-likeness (QED) is 0.551. The Morgan fingerprint density at radius 2 is 1.94 bits per heavy atom. The molecule has 0 aromatic carbocycles. The molecular weight excluding hydrogens is 222 g/mol. The van der Waals surface area contributed by atoms with Crippen LogP contribution >= 0.6 is 0 Å². The lowest BCUT2D eigenvalue weighted by atomic mass is 10.4. The van der Waals surface area contributed by atoms with Crippen molar-refractivity contribution in [3.63, 3.8) is 0 Å². The van der Waals surface area contributed by atoms with Crippen molar-refractivity contribution in [1.29, 1.82) is 0 Å². The van der Waals surface area contributed by atoms with Crippen LogP contribution in [0.5, 0.6) is 0 Å². The van der Waals surface area contributed by atoms with Crippen molar-refractivity contribution in [2.24, 2.45) is 5.73 Å². The highest BCUT2D eigenvalue weighted by molar-refractivity contribution is 6.35. The summed E-state index contributed by atoms with van der Waals surface area (Å²) < 4.78 is 0. The Hall–Kier alpha value is -2.02. The Bertz CT molecular complexity index is 390. The lowest BCUT2D eigenvalue weighted by Crippen LogP contribution is -2.41. The highest BCUT2D eigenvalue weighted by atomic mass is 16.2. The van der Waals surface area contributed by atoms with E-state index >= 15 is 0 Å². The van der Waals surface area contributed by atoms with E-state index in [4.69, 9.17) is 5.73 Å². The van der Waals surface area contributed by atoms with Crippen molar-refractivity contribution >= 4 is 11.8 Å². The maximum atomic E-state index is 11.3. The SMILES string of the molecule is Cc1cnc(CNC(=O)C(=O)NCCN)cn1. The van der Waals surface area contributed by atoms with E-state index in [1.807, 2.05) is 6.92 Å². The fourth-order valence-electron chi connectivity index (χ4n) is 1.03. The van der Waals surface area contributed by atoms with Gasteiger partial charge in [0.15, 0.2) is 0 Å². The van der Waals surface area contributed by atoms with E-state index in [2.05, 4.69) is 20.6 Å². The maximum absolute atomic E-state index is 11.3. The number of nitrogens with zero attached hydrogens (tertiary/aromatic N) is 2. The summed E-state index contributed by atoms with van der Waals surface area (Å²) >= 11 is 0. The van der Waals surface area contributed by atoms with Crippen molar-refractivity contribution in [2.45, 2.75) is 13.5 Å². The first-order valence-corrected chi connectivity index (χ1v) is 5.17. The van der Waals surface area contributed by atoms with Gasteiger partial charge in [-0.1, -0.05) is 0 Å². The smallest absolute Gasteiger partial charge is 0.309 e. The molecule has 0 radical (unpaired) electrons. The Morgan fingerprint density at radius 3 is 2.53 bits per heavy atom. The highest BCUT2D eigenvalue weighted by Gasteiger charge is 2.11. The number of amides is 2. The monoisotopic (exact) mass is 237 g/mol. The number of carbonyl (C=O) groups excluding carboxylic acids is 2. The Kier molecular flexibility index (Phi) is 5.02. The van der Waals surface area contributed by atoms with Gasteiger partial charge in [-0.3, -0.25) is 19.6 Å². The molecule has 0 aliphatic carbocycles. The Labute approximate surface area is 98.8 Å². The fourth-order valence-corrected chi connectivity index (χ4v) is 1.03. The van der Waals surface area contributed by atoms with Crippen molar-refractivity contribution in [3.8, 4) is 0 Å². The minimum absolute atomic E-state index is 0.169. The number of nitrogens with one attached hydrogen (secondary N) is 2. The number of hydrogen-bond acceptors (Lipinski definition) is 5. The van der Waals surface area contributed by atoms with Crippen LogP contribution in [0.25, 0.3) is 0 Å². The zero-order chi connectivity index (χ0) is 12.7. The summed E-state index contributed by atoms with van der Waals surface area (Å²) in [6.07, 6.45) is 3.14. The van der Waals surface area contributed by atoms with Crippen LogP contribution in [0.3, 0.4) is 0 Å².